The number of hydrogen-bond acceptors (Lipinski definition) is 3. The van der Waals surface area contributed by atoms with Crippen LogP contribution in [0.15, 0.2) is 12.1 Å². The van der Waals surface area contributed by atoms with Crippen molar-refractivity contribution in [2.75, 3.05) is 33.9 Å². The van der Waals surface area contributed by atoms with Crippen LogP contribution in [0.2, 0.25) is 5.02 Å². The molecule has 1 N–H and O–H groups in total. The first-order valence-electron chi connectivity index (χ1n) is 5.70. The van der Waals surface area contributed by atoms with E-state index in [0.29, 0.717) is 5.02 Å². The SMILES string of the molecule is CNCC1(c2cc(Cl)c(OC)cc2C)COC1. The molecule has 2 rings (SSSR count). The van der Waals surface area contributed by atoms with Crippen molar-refractivity contribution in [1.82, 2.24) is 5.32 Å². The summed E-state index contributed by atoms with van der Waals surface area (Å²) < 4.78 is 10.6. The van der Waals surface area contributed by atoms with Gasteiger partial charge in [0, 0.05) is 6.54 Å². The van der Waals surface area contributed by atoms with Crippen LogP contribution in [0.1, 0.15) is 11.1 Å². The molecule has 0 radical (unpaired) electrons. The highest BCUT2D eigenvalue weighted by molar-refractivity contribution is 6.32. The van der Waals surface area contributed by atoms with Crippen molar-refractivity contribution in [3.63, 3.8) is 0 Å². The van der Waals surface area contributed by atoms with Crippen molar-refractivity contribution in [2.24, 2.45) is 0 Å². The molecular weight excluding hydrogens is 238 g/mol. The number of likely N-dealkylation sites (N-methyl/N-ethyl adjacent to an activating group) is 1. The summed E-state index contributed by atoms with van der Waals surface area (Å²) in [6.07, 6.45) is 0. The van der Waals surface area contributed by atoms with Gasteiger partial charge < -0.3 is 14.8 Å². The van der Waals surface area contributed by atoms with Gasteiger partial charge in [0.1, 0.15) is 5.75 Å². The van der Waals surface area contributed by atoms with E-state index in [2.05, 4.69) is 12.2 Å². The molecule has 0 amide bonds. The van der Waals surface area contributed by atoms with Gasteiger partial charge in [0.15, 0.2) is 0 Å². The van der Waals surface area contributed by atoms with Gasteiger partial charge in [-0.15, -0.1) is 0 Å². The van der Waals surface area contributed by atoms with Gasteiger partial charge in [0.05, 0.1) is 30.8 Å². The Morgan fingerprint density at radius 3 is 2.65 bits per heavy atom. The summed E-state index contributed by atoms with van der Waals surface area (Å²) in [5.41, 5.74) is 2.52. The molecule has 0 bridgehead atoms. The molecule has 0 aromatic heterocycles. The van der Waals surface area contributed by atoms with E-state index < -0.39 is 0 Å². The molecule has 0 saturated carbocycles. The number of hydrogen-bond donors (Lipinski definition) is 1. The van der Waals surface area contributed by atoms with Crippen LogP contribution < -0.4 is 10.1 Å². The second-order valence-corrected chi connectivity index (χ2v) is 5.01. The molecule has 1 heterocycles. The second-order valence-electron chi connectivity index (χ2n) is 4.61. The first kappa shape index (κ1) is 12.7. The summed E-state index contributed by atoms with van der Waals surface area (Å²) in [6.45, 7) is 4.48. The van der Waals surface area contributed by atoms with Gasteiger partial charge in [0.25, 0.3) is 0 Å². The Morgan fingerprint density at radius 1 is 1.47 bits per heavy atom. The average Bonchev–Trinajstić information content (AvgIpc) is 2.26. The van der Waals surface area contributed by atoms with Crippen LogP contribution >= 0.6 is 11.6 Å². The standard InChI is InChI=1S/C13H18ClNO2/c1-9-4-12(16-3)11(14)5-10(9)13(6-15-2)7-17-8-13/h4-5,15H,6-8H2,1-3H3. The lowest BCUT2D eigenvalue weighted by molar-refractivity contribution is -0.0585. The summed E-state index contributed by atoms with van der Waals surface area (Å²) in [6, 6.07) is 4.00. The zero-order chi connectivity index (χ0) is 12.5. The molecule has 1 fully saturated rings. The van der Waals surface area contributed by atoms with E-state index in [-0.39, 0.29) is 5.41 Å². The van der Waals surface area contributed by atoms with Gasteiger partial charge >= 0.3 is 0 Å². The molecule has 0 aliphatic carbocycles. The summed E-state index contributed by atoms with van der Waals surface area (Å²) in [5, 5.41) is 3.89. The molecule has 1 aromatic carbocycles. The summed E-state index contributed by atoms with van der Waals surface area (Å²) >= 11 is 6.20. The number of halogens is 1. The maximum absolute atomic E-state index is 6.20. The fourth-order valence-corrected chi connectivity index (χ4v) is 2.66. The highest BCUT2D eigenvalue weighted by Crippen LogP contribution is 2.38. The van der Waals surface area contributed by atoms with Gasteiger partial charge in [-0.25, -0.2) is 0 Å². The minimum atomic E-state index is 0.0642. The van der Waals surface area contributed by atoms with Gasteiger partial charge in [0.2, 0.25) is 0 Å². The van der Waals surface area contributed by atoms with Crippen LogP contribution in [0.4, 0.5) is 0 Å². The van der Waals surface area contributed by atoms with Gasteiger partial charge in [-0.05, 0) is 37.2 Å². The molecular formula is C13H18ClNO2. The Labute approximate surface area is 107 Å². The molecule has 0 unspecified atom stereocenters. The topological polar surface area (TPSA) is 30.5 Å². The van der Waals surface area contributed by atoms with Crippen LogP contribution in [0, 0.1) is 6.92 Å². The molecule has 1 aliphatic rings. The minimum Gasteiger partial charge on any atom is -0.495 e. The fourth-order valence-electron chi connectivity index (χ4n) is 2.42. The predicted octanol–water partition coefficient (Wildman–Crippen LogP) is 2.14. The number of benzene rings is 1. The first-order valence-corrected chi connectivity index (χ1v) is 6.08. The third kappa shape index (κ3) is 2.15. The smallest absolute Gasteiger partial charge is 0.137 e. The maximum Gasteiger partial charge on any atom is 0.137 e. The number of nitrogens with one attached hydrogen (secondary N) is 1. The van der Waals surface area contributed by atoms with E-state index in [1.165, 1.54) is 11.1 Å². The normalized spacial score (nSPS) is 17.6. The number of rotatable bonds is 4. The molecule has 3 nitrogen and oxygen atoms in total. The molecule has 0 spiro atoms. The van der Waals surface area contributed by atoms with Crippen LogP contribution in [0.5, 0.6) is 5.75 Å². The Balaban J connectivity index is 2.41. The number of ether oxygens (including phenoxy) is 2. The Kier molecular flexibility index (Phi) is 3.61. The van der Waals surface area contributed by atoms with Crippen molar-refractivity contribution in [3.05, 3.63) is 28.3 Å². The fraction of sp³-hybridized carbons (Fsp3) is 0.538. The molecule has 4 heteroatoms. The van der Waals surface area contributed by atoms with Crippen LogP contribution in [0.25, 0.3) is 0 Å². The second kappa shape index (κ2) is 4.84. The zero-order valence-corrected chi connectivity index (χ0v) is 11.2. The molecule has 0 atom stereocenters. The molecule has 1 aliphatic heterocycles. The van der Waals surface area contributed by atoms with Crippen molar-refractivity contribution in [1.29, 1.82) is 0 Å². The van der Waals surface area contributed by atoms with E-state index in [1.807, 2.05) is 19.2 Å². The molecule has 17 heavy (non-hydrogen) atoms. The average molecular weight is 256 g/mol. The third-order valence-electron chi connectivity index (χ3n) is 3.34. The summed E-state index contributed by atoms with van der Waals surface area (Å²) in [5.74, 6) is 0.729. The monoisotopic (exact) mass is 255 g/mol. The molecule has 1 aromatic rings. The lowest BCUT2D eigenvalue weighted by Gasteiger charge is -2.43. The largest absolute Gasteiger partial charge is 0.495 e. The van der Waals surface area contributed by atoms with Gasteiger partial charge in [-0.2, -0.15) is 0 Å². The van der Waals surface area contributed by atoms with E-state index in [1.54, 1.807) is 7.11 Å². The summed E-state index contributed by atoms with van der Waals surface area (Å²) in [7, 11) is 3.59. The van der Waals surface area contributed by atoms with Crippen molar-refractivity contribution < 1.29 is 9.47 Å². The van der Waals surface area contributed by atoms with Gasteiger partial charge in [-0.1, -0.05) is 11.6 Å². The van der Waals surface area contributed by atoms with E-state index >= 15 is 0 Å². The predicted molar refractivity (Wildman–Crippen MR) is 69.2 cm³/mol. The Hall–Kier alpha value is -0.770. The lowest BCUT2D eigenvalue weighted by atomic mass is 9.76. The zero-order valence-electron chi connectivity index (χ0n) is 10.5. The molecule has 94 valence electrons. The van der Waals surface area contributed by atoms with Gasteiger partial charge in [-0.3, -0.25) is 0 Å². The highest BCUT2D eigenvalue weighted by Gasteiger charge is 2.41. The third-order valence-corrected chi connectivity index (χ3v) is 3.64. The van der Waals surface area contributed by atoms with Crippen LogP contribution in [-0.4, -0.2) is 33.9 Å². The highest BCUT2D eigenvalue weighted by atomic mass is 35.5. The Morgan fingerprint density at radius 2 is 2.18 bits per heavy atom. The van der Waals surface area contributed by atoms with Crippen LogP contribution in [-0.2, 0) is 10.2 Å². The van der Waals surface area contributed by atoms with Crippen molar-refractivity contribution in [3.8, 4) is 5.75 Å². The minimum absolute atomic E-state index is 0.0642. The van der Waals surface area contributed by atoms with E-state index in [0.717, 1.165) is 25.5 Å². The van der Waals surface area contributed by atoms with Crippen molar-refractivity contribution >= 4 is 11.6 Å². The van der Waals surface area contributed by atoms with Crippen molar-refractivity contribution in [2.45, 2.75) is 12.3 Å². The van der Waals surface area contributed by atoms with E-state index in [9.17, 15) is 0 Å². The maximum atomic E-state index is 6.20. The quantitative estimate of drug-likeness (QED) is 0.894. The Bertz CT molecular complexity index is 416. The van der Waals surface area contributed by atoms with E-state index in [4.69, 9.17) is 21.1 Å². The van der Waals surface area contributed by atoms with Crippen LogP contribution in [0.3, 0.4) is 0 Å². The number of aryl methyl sites for hydroxylation is 1. The first-order chi connectivity index (χ1) is 8.13. The summed E-state index contributed by atoms with van der Waals surface area (Å²) in [4.78, 5) is 0. The number of methoxy groups -OCH3 is 1. The lowest BCUT2D eigenvalue weighted by Crippen LogP contribution is -2.53. The molecule has 1 saturated heterocycles.